The largest absolute Gasteiger partial charge is 0.456 e. The van der Waals surface area contributed by atoms with Crippen LogP contribution in [-0.2, 0) is 0 Å². The minimum Gasteiger partial charge on any atom is -0.456 e. The number of fused-ring (bicyclic) bond motifs is 8. The summed E-state index contributed by atoms with van der Waals surface area (Å²) in [5.74, 6) is 0.343. The second-order valence-corrected chi connectivity index (χ2v) is 10.9. The van der Waals surface area contributed by atoms with Gasteiger partial charge in [0, 0.05) is 27.5 Å². The van der Waals surface area contributed by atoms with Crippen LogP contribution in [0.2, 0.25) is 0 Å². The van der Waals surface area contributed by atoms with Crippen LogP contribution in [0.25, 0.3) is 71.9 Å². The second-order valence-electron chi connectivity index (χ2n) is 10.9. The van der Waals surface area contributed by atoms with Gasteiger partial charge in [-0.1, -0.05) is 97.1 Å². The normalized spacial score (nSPS) is 15.1. The lowest BCUT2D eigenvalue weighted by molar-refractivity contribution is 0.663. The van der Waals surface area contributed by atoms with Gasteiger partial charge in [0.25, 0.3) is 0 Å². The summed E-state index contributed by atoms with van der Waals surface area (Å²) >= 11 is 0. The molecule has 1 atom stereocenters. The highest BCUT2D eigenvalue weighted by atomic mass is 16.3. The van der Waals surface area contributed by atoms with Crippen molar-refractivity contribution in [2.45, 2.75) is 12.3 Å². The Morgan fingerprint density at radius 2 is 1.23 bits per heavy atom. The Labute approximate surface area is 230 Å². The highest BCUT2D eigenvalue weighted by Gasteiger charge is 2.20. The first-order chi connectivity index (χ1) is 19.8. The van der Waals surface area contributed by atoms with Gasteiger partial charge in [-0.05, 0) is 75.3 Å². The Kier molecular flexibility index (Phi) is 4.48. The maximum absolute atomic E-state index is 6.48. The predicted octanol–water partition coefficient (Wildman–Crippen LogP) is 10.9. The van der Waals surface area contributed by atoms with Crippen LogP contribution in [0.5, 0.6) is 0 Å². The van der Waals surface area contributed by atoms with Crippen molar-refractivity contribution in [3.05, 3.63) is 138 Å². The first-order valence-electron chi connectivity index (χ1n) is 13.9. The summed E-state index contributed by atoms with van der Waals surface area (Å²) in [6.07, 6.45) is 5.51. The molecule has 2 aromatic heterocycles. The first kappa shape index (κ1) is 21.8. The zero-order chi connectivity index (χ0) is 26.2. The minimum atomic E-state index is 0.343. The van der Waals surface area contributed by atoms with Gasteiger partial charge in [0.2, 0.25) is 0 Å². The summed E-state index contributed by atoms with van der Waals surface area (Å²) in [5.41, 5.74) is 9.94. The summed E-state index contributed by atoms with van der Waals surface area (Å²) < 4.78 is 12.9. The lowest BCUT2D eigenvalue weighted by Gasteiger charge is -2.22. The minimum absolute atomic E-state index is 0.343. The molecule has 0 amide bonds. The topological polar surface area (TPSA) is 26.3 Å². The van der Waals surface area contributed by atoms with Gasteiger partial charge in [-0.2, -0.15) is 0 Å². The van der Waals surface area contributed by atoms with Crippen molar-refractivity contribution in [2.75, 3.05) is 0 Å². The summed E-state index contributed by atoms with van der Waals surface area (Å²) in [4.78, 5) is 0. The van der Waals surface area contributed by atoms with E-state index in [9.17, 15) is 0 Å². The summed E-state index contributed by atoms with van der Waals surface area (Å²) in [7, 11) is 0. The van der Waals surface area contributed by atoms with Crippen molar-refractivity contribution in [1.82, 2.24) is 0 Å². The number of benzene rings is 6. The van der Waals surface area contributed by atoms with Crippen LogP contribution in [0.3, 0.4) is 0 Å². The first-order valence-corrected chi connectivity index (χ1v) is 13.9. The van der Waals surface area contributed by atoms with Gasteiger partial charge in [0.1, 0.15) is 22.3 Å². The quantitative estimate of drug-likeness (QED) is 0.230. The molecular weight excluding hydrogens is 488 g/mol. The fourth-order valence-corrected chi connectivity index (χ4v) is 6.68. The summed E-state index contributed by atoms with van der Waals surface area (Å²) in [5, 5.41) is 6.88. The molecule has 2 nitrogen and oxygen atoms in total. The molecule has 188 valence electrons. The van der Waals surface area contributed by atoms with Crippen molar-refractivity contribution < 1.29 is 8.83 Å². The monoisotopic (exact) mass is 512 g/mol. The van der Waals surface area contributed by atoms with Crippen LogP contribution in [0.15, 0.2) is 130 Å². The third-order valence-electron chi connectivity index (χ3n) is 8.63. The van der Waals surface area contributed by atoms with Gasteiger partial charge >= 0.3 is 0 Å². The Bertz CT molecular complexity index is 2310. The van der Waals surface area contributed by atoms with Crippen LogP contribution in [0, 0.1) is 0 Å². The molecule has 2 heterocycles. The van der Waals surface area contributed by atoms with Gasteiger partial charge in [0.05, 0.1) is 0 Å². The molecule has 0 spiro atoms. The highest BCUT2D eigenvalue weighted by molar-refractivity contribution is 6.15. The molecule has 6 aromatic carbocycles. The number of hydrogen-bond donors (Lipinski definition) is 0. The molecule has 2 heteroatoms. The third-order valence-corrected chi connectivity index (χ3v) is 8.63. The zero-order valence-electron chi connectivity index (χ0n) is 21.7. The molecule has 0 N–H and O–H groups in total. The number of furan rings is 2. The van der Waals surface area contributed by atoms with E-state index in [4.69, 9.17) is 8.83 Å². The molecule has 1 aliphatic rings. The average Bonchev–Trinajstić information content (AvgIpc) is 3.55. The molecule has 0 radical (unpaired) electrons. The molecule has 1 unspecified atom stereocenters. The molecule has 0 saturated heterocycles. The van der Waals surface area contributed by atoms with E-state index in [1.807, 2.05) is 0 Å². The van der Waals surface area contributed by atoms with Crippen molar-refractivity contribution in [3.63, 3.8) is 0 Å². The molecule has 0 fully saturated rings. The molecule has 40 heavy (non-hydrogen) atoms. The third kappa shape index (κ3) is 3.17. The number of allylic oxidation sites excluding steroid dienone is 1. The molecule has 1 aliphatic carbocycles. The van der Waals surface area contributed by atoms with E-state index < -0.39 is 0 Å². The molecule has 0 saturated carbocycles. The van der Waals surface area contributed by atoms with Crippen LogP contribution in [0.1, 0.15) is 29.0 Å². The second kappa shape index (κ2) is 8.21. The van der Waals surface area contributed by atoms with E-state index in [-0.39, 0.29) is 0 Å². The Morgan fingerprint density at radius 3 is 2.10 bits per heavy atom. The molecular formula is C38H24O2. The van der Waals surface area contributed by atoms with Gasteiger partial charge in [-0.15, -0.1) is 0 Å². The van der Waals surface area contributed by atoms with Crippen molar-refractivity contribution in [1.29, 1.82) is 0 Å². The van der Waals surface area contributed by atoms with E-state index in [0.717, 1.165) is 55.9 Å². The fourth-order valence-electron chi connectivity index (χ4n) is 6.68. The summed E-state index contributed by atoms with van der Waals surface area (Å²) in [6, 6.07) is 41.2. The standard InChI is InChI=1S/C38H24O2/c1-3-11-27-23(7-1)9-5-13-29(27)25-15-17-31-33-21-38-34(22-37(33)39-35(31)19-25)32-18-16-26(20-36(32)40-38)30-14-6-10-24-8-2-4-12-28(24)30/h1-13,15-22,30H,14H2. The zero-order valence-corrected chi connectivity index (χ0v) is 21.7. The number of hydrogen-bond acceptors (Lipinski definition) is 2. The van der Waals surface area contributed by atoms with Gasteiger partial charge in [0.15, 0.2) is 0 Å². The van der Waals surface area contributed by atoms with E-state index in [0.29, 0.717) is 5.92 Å². The van der Waals surface area contributed by atoms with Crippen LogP contribution >= 0.6 is 0 Å². The average molecular weight is 513 g/mol. The smallest absolute Gasteiger partial charge is 0.136 e. The fraction of sp³-hybridized carbons (Fsp3) is 0.0526. The molecule has 0 aliphatic heterocycles. The van der Waals surface area contributed by atoms with Gasteiger partial charge in [-0.25, -0.2) is 0 Å². The van der Waals surface area contributed by atoms with E-state index in [1.54, 1.807) is 0 Å². The van der Waals surface area contributed by atoms with Crippen LogP contribution < -0.4 is 0 Å². The number of rotatable bonds is 2. The van der Waals surface area contributed by atoms with Crippen molar-refractivity contribution in [2.24, 2.45) is 0 Å². The Hall–Kier alpha value is -5.08. The van der Waals surface area contributed by atoms with E-state index in [2.05, 4.69) is 127 Å². The SMILES string of the molecule is C1=Cc2ccccc2C(c2ccc3c(c2)oc2cc4c(cc23)oc2cc(-c3cccc5ccccc35)ccc24)C1. The van der Waals surface area contributed by atoms with Gasteiger partial charge < -0.3 is 8.83 Å². The summed E-state index contributed by atoms with van der Waals surface area (Å²) in [6.45, 7) is 0. The van der Waals surface area contributed by atoms with E-state index >= 15 is 0 Å². The van der Waals surface area contributed by atoms with Gasteiger partial charge in [-0.3, -0.25) is 0 Å². The predicted molar refractivity (Wildman–Crippen MR) is 166 cm³/mol. The lowest BCUT2D eigenvalue weighted by Crippen LogP contribution is -2.05. The van der Waals surface area contributed by atoms with Crippen molar-refractivity contribution in [3.8, 4) is 11.1 Å². The molecule has 0 bridgehead atoms. The maximum Gasteiger partial charge on any atom is 0.136 e. The van der Waals surface area contributed by atoms with E-state index in [1.165, 1.54) is 33.0 Å². The maximum atomic E-state index is 6.48. The van der Waals surface area contributed by atoms with Crippen LogP contribution in [0.4, 0.5) is 0 Å². The Morgan fingerprint density at radius 1 is 0.525 bits per heavy atom. The Balaban J connectivity index is 1.17. The van der Waals surface area contributed by atoms with Crippen molar-refractivity contribution >= 4 is 60.7 Å². The highest BCUT2D eigenvalue weighted by Crippen LogP contribution is 2.41. The van der Waals surface area contributed by atoms with Crippen LogP contribution in [-0.4, -0.2) is 0 Å². The lowest BCUT2D eigenvalue weighted by atomic mass is 9.82. The molecule has 9 rings (SSSR count). The molecule has 8 aromatic rings.